The smallest absolute Gasteiger partial charge is 0.237 e. The van der Waals surface area contributed by atoms with Gasteiger partial charge in [-0.1, -0.05) is 29.8 Å². The number of nitrogens with two attached hydrogens (primary N) is 1. The van der Waals surface area contributed by atoms with Crippen molar-refractivity contribution in [3.63, 3.8) is 0 Å². The molecule has 1 amide bonds. The van der Waals surface area contributed by atoms with E-state index >= 15 is 0 Å². The maximum atomic E-state index is 11.2. The summed E-state index contributed by atoms with van der Waals surface area (Å²) in [6, 6.07) is -0.375. The molecular weight excluding hydrogens is 220 g/mol. The van der Waals surface area contributed by atoms with Crippen LogP contribution in [-0.2, 0) is 4.79 Å². The molecule has 0 fully saturated rings. The molecule has 0 aromatic rings. The number of carbonyl (C=O) groups excluding carboxylic acids is 1. The van der Waals surface area contributed by atoms with Gasteiger partial charge in [-0.05, 0) is 12.3 Å². The first-order chi connectivity index (χ1) is 5.59. The molecule has 0 heterocycles. The van der Waals surface area contributed by atoms with Crippen LogP contribution < -0.4 is 11.1 Å². The van der Waals surface area contributed by atoms with E-state index < -0.39 is 0 Å². The van der Waals surface area contributed by atoms with E-state index in [1.165, 1.54) is 0 Å². The van der Waals surface area contributed by atoms with Crippen LogP contribution in [-0.4, -0.2) is 23.8 Å². The SMILES string of the molecule is CC(C)[C@H](N)C(=O)NCCCBr. The standard InChI is InChI=1S/C8H17BrN2O/c1-6(2)7(10)8(12)11-5-3-4-9/h6-7H,3-5,10H2,1-2H3,(H,11,12)/t7-/m0/s1. The van der Waals surface area contributed by atoms with Crippen molar-refractivity contribution in [3.8, 4) is 0 Å². The van der Waals surface area contributed by atoms with Gasteiger partial charge in [0, 0.05) is 11.9 Å². The van der Waals surface area contributed by atoms with Gasteiger partial charge in [-0.3, -0.25) is 4.79 Å². The maximum Gasteiger partial charge on any atom is 0.237 e. The van der Waals surface area contributed by atoms with Crippen LogP contribution in [0.25, 0.3) is 0 Å². The molecule has 3 N–H and O–H groups in total. The highest BCUT2D eigenvalue weighted by Gasteiger charge is 2.15. The first kappa shape index (κ1) is 11.9. The Morgan fingerprint density at radius 1 is 1.58 bits per heavy atom. The van der Waals surface area contributed by atoms with Crippen LogP contribution in [0.5, 0.6) is 0 Å². The van der Waals surface area contributed by atoms with E-state index in [0.717, 1.165) is 11.8 Å². The van der Waals surface area contributed by atoms with Gasteiger partial charge in [-0.15, -0.1) is 0 Å². The van der Waals surface area contributed by atoms with Gasteiger partial charge >= 0.3 is 0 Å². The highest BCUT2D eigenvalue weighted by atomic mass is 79.9. The first-order valence-electron chi connectivity index (χ1n) is 4.18. The van der Waals surface area contributed by atoms with Crippen molar-refractivity contribution < 1.29 is 4.79 Å². The summed E-state index contributed by atoms with van der Waals surface area (Å²) < 4.78 is 0. The van der Waals surface area contributed by atoms with E-state index in [2.05, 4.69) is 21.2 Å². The lowest BCUT2D eigenvalue weighted by Gasteiger charge is -2.14. The third-order valence-electron chi connectivity index (χ3n) is 1.63. The summed E-state index contributed by atoms with van der Waals surface area (Å²) in [5, 5.41) is 3.68. The second-order valence-electron chi connectivity index (χ2n) is 3.10. The summed E-state index contributed by atoms with van der Waals surface area (Å²) in [6.45, 7) is 4.58. The quantitative estimate of drug-likeness (QED) is 0.550. The van der Waals surface area contributed by atoms with E-state index in [1.54, 1.807) is 0 Å². The second-order valence-corrected chi connectivity index (χ2v) is 3.90. The first-order valence-corrected chi connectivity index (χ1v) is 5.31. The predicted octanol–water partition coefficient (Wildman–Crippen LogP) is 0.871. The molecule has 0 bridgehead atoms. The molecule has 0 saturated carbocycles. The van der Waals surface area contributed by atoms with Crippen LogP contribution in [0.1, 0.15) is 20.3 Å². The number of halogens is 1. The minimum atomic E-state index is -0.375. The van der Waals surface area contributed by atoms with Crippen molar-refractivity contribution in [2.45, 2.75) is 26.3 Å². The molecule has 0 aliphatic carbocycles. The lowest BCUT2D eigenvalue weighted by Crippen LogP contribution is -2.44. The van der Waals surface area contributed by atoms with Gasteiger partial charge in [-0.25, -0.2) is 0 Å². The Hall–Kier alpha value is -0.0900. The highest BCUT2D eigenvalue weighted by Crippen LogP contribution is 1.97. The monoisotopic (exact) mass is 236 g/mol. The number of carbonyl (C=O) groups is 1. The van der Waals surface area contributed by atoms with Gasteiger partial charge in [0.15, 0.2) is 0 Å². The number of amides is 1. The number of nitrogens with one attached hydrogen (secondary N) is 1. The van der Waals surface area contributed by atoms with E-state index in [0.29, 0.717) is 6.54 Å². The Bertz CT molecular complexity index is 139. The van der Waals surface area contributed by atoms with Crippen LogP contribution >= 0.6 is 15.9 Å². The zero-order valence-corrected chi connectivity index (χ0v) is 9.23. The van der Waals surface area contributed by atoms with Crippen LogP contribution in [0.4, 0.5) is 0 Å². The number of hydrogen-bond acceptors (Lipinski definition) is 2. The van der Waals surface area contributed by atoms with Crippen molar-refractivity contribution in [3.05, 3.63) is 0 Å². The molecule has 12 heavy (non-hydrogen) atoms. The third kappa shape index (κ3) is 4.72. The van der Waals surface area contributed by atoms with Crippen molar-refractivity contribution in [1.82, 2.24) is 5.32 Å². The molecular formula is C8H17BrN2O. The highest BCUT2D eigenvalue weighted by molar-refractivity contribution is 9.09. The largest absolute Gasteiger partial charge is 0.355 e. The fourth-order valence-electron chi connectivity index (χ4n) is 0.699. The second kappa shape index (κ2) is 6.43. The Morgan fingerprint density at radius 2 is 2.17 bits per heavy atom. The third-order valence-corrected chi connectivity index (χ3v) is 2.19. The van der Waals surface area contributed by atoms with Crippen molar-refractivity contribution >= 4 is 21.8 Å². The molecule has 0 unspecified atom stereocenters. The summed E-state index contributed by atoms with van der Waals surface area (Å²) in [4.78, 5) is 11.2. The summed E-state index contributed by atoms with van der Waals surface area (Å²) in [5.41, 5.74) is 5.62. The predicted molar refractivity (Wildman–Crippen MR) is 54.2 cm³/mol. The van der Waals surface area contributed by atoms with Gasteiger partial charge in [0.1, 0.15) is 0 Å². The lowest BCUT2D eigenvalue weighted by molar-refractivity contribution is -0.123. The molecule has 4 heteroatoms. The van der Waals surface area contributed by atoms with Gasteiger partial charge in [0.25, 0.3) is 0 Å². The van der Waals surface area contributed by atoms with Gasteiger partial charge in [-0.2, -0.15) is 0 Å². The summed E-state index contributed by atoms with van der Waals surface area (Å²) in [5.74, 6) is 0.153. The molecule has 0 aromatic heterocycles. The molecule has 1 atom stereocenters. The van der Waals surface area contributed by atoms with Crippen LogP contribution in [0.15, 0.2) is 0 Å². The zero-order valence-electron chi connectivity index (χ0n) is 7.64. The topological polar surface area (TPSA) is 55.1 Å². The van der Waals surface area contributed by atoms with E-state index in [4.69, 9.17) is 5.73 Å². The van der Waals surface area contributed by atoms with Gasteiger partial charge in [0.05, 0.1) is 6.04 Å². The van der Waals surface area contributed by atoms with Crippen LogP contribution in [0.2, 0.25) is 0 Å². The molecule has 3 nitrogen and oxygen atoms in total. The Balaban J connectivity index is 3.57. The molecule has 72 valence electrons. The Labute approximate surface area is 82.2 Å². The normalized spacial score (nSPS) is 13.1. The maximum absolute atomic E-state index is 11.2. The Morgan fingerprint density at radius 3 is 2.58 bits per heavy atom. The average molecular weight is 237 g/mol. The molecule has 0 radical (unpaired) electrons. The average Bonchev–Trinajstić information content (AvgIpc) is 2.03. The summed E-state index contributed by atoms with van der Waals surface area (Å²) in [6.07, 6.45) is 0.941. The van der Waals surface area contributed by atoms with E-state index in [-0.39, 0.29) is 17.9 Å². The lowest BCUT2D eigenvalue weighted by atomic mass is 10.1. The summed E-state index contributed by atoms with van der Waals surface area (Å²) >= 11 is 3.28. The number of rotatable bonds is 5. The molecule has 0 aliphatic rings. The Kier molecular flexibility index (Phi) is 6.38. The zero-order chi connectivity index (χ0) is 9.56. The van der Waals surface area contributed by atoms with Crippen LogP contribution in [0, 0.1) is 5.92 Å². The fourth-order valence-corrected chi connectivity index (χ4v) is 0.979. The minimum absolute atomic E-state index is 0.0500. The molecule has 0 saturated heterocycles. The molecule has 0 rings (SSSR count). The van der Waals surface area contributed by atoms with Gasteiger partial charge in [0.2, 0.25) is 5.91 Å². The van der Waals surface area contributed by atoms with Gasteiger partial charge < -0.3 is 11.1 Å². The van der Waals surface area contributed by atoms with Crippen molar-refractivity contribution in [2.75, 3.05) is 11.9 Å². The summed E-state index contributed by atoms with van der Waals surface area (Å²) in [7, 11) is 0. The number of alkyl halides is 1. The fraction of sp³-hybridized carbons (Fsp3) is 0.875. The van der Waals surface area contributed by atoms with Crippen molar-refractivity contribution in [2.24, 2.45) is 11.7 Å². The van der Waals surface area contributed by atoms with Crippen LogP contribution in [0.3, 0.4) is 0 Å². The van der Waals surface area contributed by atoms with Crippen molar-refractivity contribution in [1.29, 1.82) is 0 Å². The van der Waals surface area contributed by atoms with E-state index in [9.17, 15) is 4.79 Å². The minimum Gasteiger partial charge on any atom is -0.355 e. The molecule has 0 aromatic carbocycles. The molecule has 0 spiro atoms. The van der Waals surface area contributed by atoms with E-state index in [1.807, 2.05) is 13.8 Å². The number of hydrogen-bond donors (Lipinski definition) is 2. The molecule has 0 aliphatic heterocycles.